The number of carbonyl (C=O) groups is 1. The van der Waals surface area contributed by atoms with E-state index < -0.39 is 11.7 Å². The predicted octanol–water partition coefficient (Wildman–Crippen LogP) is 3.38. The van der Waals surface area contributed by atoms with Gasteiger partial charge in [-0.25, -0.2) is 0 Å². The average molecular weight is 288 g/mol. The van der Waals surface area contributed by atoms with Crippen molar-refractivity contribution in [3.63, 3.8) is 0 Å². The van der Waals surface area contributed by atoms with Gasteiger partial charge in [0.2, 0.25) is 5.91 Å². The summed E-state index contributed by atoms with van der Waals surface area (Å²) in [5, 5.41) is 2.58. The molecule has 112 valence electrons. The Kier molecular flexibility index (Phi) is 6.01. The summed E-state index contributed by atoms with van der Waals surface area (Å²) in [6.07, 6.45) is -2.31. The number of alkyl halides is 3. The van der Waals surface area contributed by atoms with E-state index in [-0.39, 0.29) is 12.5 Å². The number of hydrogen-bond acceptors (Lipinski definition) is 2. The molecule has 0 heterocycles. The van der Waals surface area contributed by atoms with Gasteiger partial charge >= 0.3 is 6.18 Å². The highest BCUT2D eigenvalue weighted by molar-refractivity contribution is 5.92. The van der Waals surface area contributed by atoms with Crippen LogP contribution in [0.15, 0.2) is 24.3 Å². The lowest BCUT2D eigenvalue weighted by Gasteiger charge is -2.15. The molecule has 0 bridgehead atoms. The standard InChI is InChI=1S/C14H19F3N2O/c1-3-4-9-19(2)10-13(20)18-12-7-5-11(6-8-12)14(15,16)17/h5-8H,3-4,9-10H2,1-2H3,(H,18,20). The number of hydrogen-bond donors (Lipinski definition) is 1. The lowest BCUT2D eigenvalue weighted by atomic mass is 10.2. The summed E-state index contributed by atoms with van der Waals surface area (Å²) in [6, 6.07) is 4.42. The van der Waals surface area contributed by atoms with E-state index in [1.54, 1.807) is 0 Å². The fraction of sp³-hybridized carbons (Fsp3) is 0.500. The Labute approximate surface area is 116 Å². The minimum atomic E-state index is -4.36. The van der Waals surface area contributed by atoms with Gasteiger partial charge in [-0.3, -0.25) is 9.69 Å². The molecule has 0 atom stereocenters. The number of carbonyl (C=O) groups excluding carboxylic acids is 1. The zero-order chi connectivity index (χ0) is 15.2. The highest BCUT2D eigenvalue weighted by Gasteiger charge is 2.29. The van der Waals surface area contributed by atoms with Gasteiger partial charge in [0.25, 0.3) is 0 Å². The number of likely N-dealkylation sites (N-methyl/N-ethyl adjacent to an activating group) is 1. The molecule has 0 saturated heterocycles. The van der Waals surface area contributed by atoms with Crippen LogP contribution < -0.4 is 5.32 Å². The zero-order valence-electron chi connectivity index (χ0n) is 11.6. The molecule has 1 aromatic carbocycles. The number of unbranched alkanes of at least 4 members (excludes halogenated alkanes) is 1. The van der Waals surface area contributed by atoms with Crippen LogP contribution in [0.25, 0.3) is 0 Å². The quantitative estimate of drug-likeness (QED) is 0.870. The van der Waals surface area contributed by atoms with Gasteiger partial charge in [0.15, 0.2) is 0 Å². The number of benzene rings is 1. The maximum atomic E-state index is 12.4. The van der Waals surface area contributed by atoms with Crippen LogP contribution in [0, 0.1) is 0 Å². The average Bonchev–Trinajstić information content (AvgIpc) is 2.35. The SMILES string of the molecule is CCCCN(C)CC(=O)Nc1ccc(C(F)(F)F)cc1. The van der Waals surface area contributed by atoms with Crippen LogP contribution in [-0.2, 0) is 11.0 Å². The van der Waals surface area contributed by atoms with Gasteiger partial charge < -0.3 is 5.32 Å². The highest BCUT2D eigenvalue weighted by Crippen LogP contribution is 2.29. The molecule has 3 nitrogen and oxygen atoms in total. The summed E-state index contributed by atoms with van der Waals surface area (Å²) in [5.74, 6) is -0.233. The lowest BCUT2D eigenvalue weighted by Crippen LogP contribution is -2.30. The van der Waals surface area contributed by atoms with Gasteiger partial charge in [0, 0.05) is 5.69 Å². The van der Waals surface area contributed by atoms with Gasteiger partial charge in [-0.2, -0.15) is 13.2 Å². The lowest BCUT2D eigenvalue weighted by molar-refractivity contribution is -0.137. The Balaban J connectivity index is 2.50. The third-order valence-corrected chi connectivity index (χ3v) is 2.80. The molecule has 0 aliphatic rings. The van der Waals surface area contributed by atoms with E-state index in [0.717, 1.165) is 31.5 Å². The van der Waals surface area contributed by atoms with Crippen molar-refractivity contribution in [1.29, 1.82) is 0 Å². The van der Waals surface area contributed by atoms with Crippen LogP contribution in [0.1, 0.15) is 25.3 Å². The van der Waals surface area contributed by atoms with Crippen molar-refractivity contribution in [2.24, 2.45) is 0 Å². The van der Waals surface area contributed by atoms with Gasteiger partial charge in [-0.05, 0) is 44.3 Å². The minimum Gasteiger partial charge on any atom is -0.325 e. The Hall–Kier alpha value is -1.56. The van der Waals surface area contributed by atoms with E-state index >= 15 is 0 Å². The Bertz CT molecular complexity index is 429. The van der Waals surface area contributed by atoms with Crippen molar-refractivity contribution in [3.8, 4) is 0 Å². The molecule has 20 heavy (non-hydrogen) atoms. The summed E-state index contributed by atoms with van der Waals surface area (Å²) in [5.41, 5.74) is -0.359. The van der Waals surface area contributed by atoms with Crippen molar-refractivity contribution in [3.05, 3.63) is 29.8 Å². The maximum Gasteiger partial charge on any atom is 0.416 e. The van der Waals surface area contributed by atoms with Crippen LogP contribution in [0.3, 0.4) is 0 Å². The predicted molar refractivity (Wildman–Crippen MR) is 72.5 cm³/mol. The number of nitrogens with zero attached hydrogens (tertiary/aromatic N) is 1. The molecule has 0 radical (unpaired) electrons. The molecular weight excluding hydrogens is 269 g/mol. The molecule has 0 saturated carbocycles. The molecule has 1 amide bonds. The molecule has 0 fully saturated rings. The molecule has 0 spiro atoms. The molecule has 1 N–H and O–H groups in total. The van der Waals surface area contributed by atoms with Gasteiger partial charge in [-0.1, -0.05) is 13.3 Å². The Morgan fingerprint density at radius 1 is 1.25 bits per heavy atom. The van der Waals surface area contributed by atoms with Crippen LogP contribution in [0.5, 0.6) is 0 Å². The molecule has 0 aliphatic heterocycles. The second-order valence-corrected chi connectivity index (χ2v) is 4.71. The van der Waals surface area contributed by atoms with Crippen LogP contribution in [0.2, 0.25) is 0 Å². The van der Waals surface area contributed by atoms with E-state index in [9.17, 15) is 18.0 Å². The molecule has 1 aromatic rings. The third-order valence-electron chi connectivity index (χ3n) is 2.80. The highest BCUT2D eigenvalue weighted by atomic mass is 19.4. The monoisotopic (exact) mass is 288 g/mol. The summed E-state index contributed by atoms with van der Waals surface area (Å²) in [6.45, 7) is 3.11. The molecule has 6 heteroatoms. The first-order valence-electron chi connectivity index (χ1n) is 6.48. The van der Waals surface area contributed by atoms with Crippen LogP contribution in [0.4, 0.5) is 18.9 Å². The van der Waals surface area contributed by atoms with E-state index in [4.69, 9.17) is 0 Å². The smallest absolute Gasteiger partial charge is 0.325 e. The second kappa shape index (κ2) is 7.28. The first-order chi connectivity index (χ1) is 9.32. The van der Waals surface area contributed by atoms with Crippen LogP contribution >= 0.6 is 0 Å². The number of amides is 1. The fourth-order valence-electron chi connectivity index (χ4n) is 1.70. The maximum absolute atomic E-state index is 12.4. The largest absolute Gasteiger partial charge is 0.416 e. The summed E-state index contributed by atoms with van der Waals surface area (Å²) in [7, 11) is 1.84. The molecule has 0 aliphatic carbocycles. The van der Waals surface area contributed by atoms with Crippen molar-refractivity contribution in [1.82, 2.24) is 4.90 Å². The summed E-state index contributed by atoms with van der Waals surface area (Å²) in [4.78, 5) is 13.6. The topological polar surface area (TPSA) is 32.3 Å². The van der Waals surface area contributed by atoms with Gasteiger partial charge in [0.05, 0.1) is 12.1 Å². The fourth-order valence-corrected chi connectivity index (χ4v) is 1.70. The Morgan fingerprint density at radius 3 is 2.35 bits per heavy atom. The van der Waals surface area contributed by atoms with E-state index in [1.807, 2.05) is 11.9 Å². The van der Waals surface area contributed by atoms with Crippen molar-refractivity contribution in [2.75, 3.05) is 25.5 Å². The van der Waals surface area contributed by atoms with Crippen LogP contribution in [-0.4, -0.2) is 30.9 Å². The number of rotatable bonds is 6. The number of anilines is 1. The van der Waals surface area contributed by atoms with E-state index in [0.29, 0.717) is 5.69 Å². The third kappa shape index (κ3) is 5.61. The van der Waals surface area contributed by atoms with Crippen molar-refractivity contribution < 1.29 is 18.0 Å². The summed E-state index contributed by atoms with van der Waals surface area (Å²) >= 11 is 0. The van der Waals surface area contributed by atoms with Crippen molar-refractivity contribution >= 4 is 11.6 Å². The van der Waals surface area contributed by atoms with E-state index in [1.165, 1.54) is 12.1 Å². The van der Waals surface area contributed by atoms with E-state index in [2.05, 4.69) is 12.2 Å². The van der Waals surface area contributed by atoms with Gasteiger partial charge in [0.1, 0.15) is 0 Å². The first kappa shape index (κ1) is 16.5. The van der Waals surface area contributed by atoms with Crippen molar-refractivity contribution in [2.45, 2.75) is 25.9 Å². The zero-order valence-corrected chi connectivity index (χ0v) is 11.6. The minimum absolute atomic E-state index is 0.223. The summed E-state index contributed by atoms with van der Waals surface area (Å²) < 4.78 is 37.1. The second-order valence-electron chi connectivity index (χ2n) is 4.71. The molecule has 0 unspecified atom stereocenters. The molecular formula is C14H19F3N2O. The number of halogens is 3. The first-order valence-corrected chi connectivity index (χ1v) is 6.48. The normalized spacial score (nSPS) is 11.7. The molecule has 1 rings (SSSR count). The number of nitrogens with one attached hydrogen (secondary N) is 1. The Morgan fingerprint density at radius 2 is 1.85 bits per heavy atom. The van der Waals surface area contributed by atoms with Gasteiger partial charge in [-0.15, -0.1) is 0 Å². The molecule has 0 aromatic heterocycles.